The number of hydrogen-bond acceptors (Lipinski definition) is 3. The molecule has 0 spiro atoms. The highest BCUT2D eigenvalue weighted by Gasteiger charge is 2.61. The summed E-state index contributed by atoms with van der Waals surface area (Å²) in [5.41, 5.74) is 7.13. The molecule has 3 aromatic carbocycles. The van der Waals surface area contributed by atoms with E-state index >= 15 is 0 Å². The van der Waals surface area contributed by atoms with Crippen molar-refractivity contribution in [3.63, 3.8) is 0 Å². The molecule has 0 radical (unpaired) electrons. The predicted molar refractivity (Wildman–Crippen MR) is 123 cm³/mol. The van der Waals surface area contributed by atoms with Crippen LogP contribution in [0.1, 0.15) is 39.7 Å². The summed E-state index contributed by atoms with van der Waals surface area (Å²) in [6.07, 6.45) is 1.74. The lowest BCUT2D eigenvalue weighted by Crippen LogP contribution is -2.41. The highest BCUT2D eigenvalue weighted by atomic mass is 16.2. The minimum Gasteiger partial charge on any atom is -0.274 e. The van der Waals surface area contributed by atoms with Crippen molar-refractivity contribution in [2.45, 2.75) is 18.8 Å². The van der Waals surface area contributed by atoms with Crippen molar-refractivity contribution in [2.75, 3.05) is 4.90 Å². The van der Waals surface area contributed by atoms with Gasteiger partial charge in [-0.1, -0.05) is 60.7 Å². The lowest BCUT2D eigenvalue weighted by atomic mass is 9.55. The molecule has 3 aliphatic carbocycles. The minimum absolute atomic E-state index is 0.0940. The summed E-state index contributed by atoms with van der Waals surface area (Å²) in [5.74, 6) is -1.15. The maximum atomic E-state index is 14.0. The Morgan fingerprint density at radius 3 is 1.75 bits per heavy atom. The quantitative estimate of drug-likeness (QED) is 0.413. The van der Waals surface area contributed by atoms with E-state index in [1.54, 1.807) is 6.20 Å². The smallest absolute Gasteiger partial charge is 0.238 e. The van der Waals surface area contributed by atoms with Crippen LogP contribution < -0.4 is 4.90 Å². The molecule has 2 atom stereocenters. The van der Waals surface area contributed by atoms with Gasteiger partial charge in [0.15, 0.2) is 0 Å². The van der Waals surface area contributed by atoms with Gasteiger partial charge in [0, 0.05) is 23.4 Å². The molecule has 1 aliphatic heterocycles. The number of carbonyl (C=O) groups excluding carboxylic acids is 2. The second-order valence-electron chi connectivity index (χ2n) is 9.08. The first-order valence-corrected chi connectivity index (χ1v) is 11.1. The number of imide groups is 1. The molecule has 1 saturated heterocycles. The highest BCUT2D eigenvalue weighted by molar-refractivity contribution is 6.25. The molecule has 2 bridgehead atoms. The first kappa shape index (κ1) is 17.8. The number of para-hydroxylation sites is 1. The molecule has 2 heterocycles. The van der Waals surface area contributed by atoms with E-state index in [9.17, 15) is 9.59 Å². The number of pyridine rings is 1. The van der Waals surface area contributed by atoms with E-state index in [1.807, 2.05) is 55.5 Å². The van der Waals surface area contributed by atoms with Gasteiger partial charge in [0.05, 0.1) is 23.0 Å². The Balaban J connectivity index is 1.46. The topological polar surface area (TPSA) is 50.3 Å². The van der Waals surface area contributed by atoms with Crippen molar-refractivity contribution < 1.29 is 9.59 Å². The maximum Gasteiger partial charge on any atom is 0.238 e. The van der Waals surface area contributed by atoms with E-state index < -0.39 is 0 Å². The second kappa shape index (κ2) is 6.13. The molecule has 4 heteroatoms. The number of hydrogen-bond donors (Lipinski definition) is 0. The van der Waals surface area contributed by atoms with Crippen LogP contribution in [0.15, 0.2) is 79.0 Å². The summed E-state index contributed by atoms with van der Waals surface area (Å²) in [6, 6.07) is 24.4. The maximum absolute atomic E-state index is 14.0. The van der Waals surface area contributed by atoms with E-state index in [2.05, 4.69) is 29.2 Å². The standard InChI is InChI=1S/C28H20N2O2/c1-15-13-14-29-26-16(15)11-6-12-21(26)30-27(31)24-22-17-7-2-3-8-18(17)23(25(24)28(30)32)20-10-5-4-9-19(20)22/h2-14,22-25H,1H3/t22?,23?,24-,25+. The predicted octanol–water partition coefficient (Wildman–Crippen LogP) is 4.94. The lowest BCUT2D eigenvalue weighted by molar-refractivity contribution is -0.122. The van der Waals surface area contributed by atoms with Crippen molar-refractivity contribution >= 4 is 28.4 Å². The molecule has 1 fully saturated rings. The zero-order chi connectivity index (χ0) is 21.6. The van der Waals surface area contributed by atoms with Gasteiger partial charge in [-0.3, -0.25) is 14.6 Å². The summed E-state index contributed by atoms with van der Waals surface area (Å²) >= 11 is 0. The van der Waals surface area contributed by atoms with E-state index in [-0.39, 0.29) is 35.5 Å². The fourth-order valence-electron chi connectivity index (χ4n) is 6.39. The third kappa shape index (κ3) is 2.05. The first-order valence-electron chi connectivity index (χ1n) is 11.1. The molecule has 8 rings (SSSR count). The van der Waals surface area contributed by atoms with Gasteiger partial charge in [0.2, 0.25) is 11.8 Å². The number of aromatic nitrogens is 1. The minimum atomic E-state index is -0.377. The number of fused-ring (bicyclic) bond motifs is 1. The Labute approximate surface area is 185 Å². The molecule has 32 heavy (non-hydrogen) atoms. The third-order valence-electron chi connectivity index (χ3n) is 7.66. The van der Waals surface area contributed by atoms with Crippen LogP contribution in [-0.2, 0) is 9.59 Å². The molecule has 4 nitrogen and oxygen atoms in total. The van der Waals surface area contributed by atoms with Crippen LogP contribution in [0.3, 0.4) is 0 Å². The molecule has 154 valence electrons. The van der Waals surface area contributed by atoms with Gasteiger partial charge in [-0.2, -0.15) is 0 Å². The number of aryl methyl sites for hydroxylation is 1. The van der Waals surface area contributed by atoms with Gasteiger partial charge in [-0.05, 0) is 46.9 Å². The fraction of sp³-hybridized carbons (Fsp3) is 0.179. The van der Waals surface area contributed by atoms with Gasteiger partial charge in [0.1, 0.15) is 0 Å². The highest BCUT2D eigenvalue weighted by Crippen LogP contribution is 2.61. The number of carbonyl (C=O) groups is 2. The van der Waals surface area contributed by atoms with Crippen LogP contribution >= 0.6 is 0 Å². The van der Waals surface area contributed by atoms with Crippen LogP contribution in [0.25, 0.3) is 10.9 Å². The Morgan fingerprint density at radius 1 is 0.688 bits per heavy atom. The van der Waals surface area contributed by atoms with Crippen LogP contribution in [-0.4, -0.2) is 16.8 Å². The Bertz CT molecular complexity index is 1360. The van der Waals surface area contributed by atoms with Gasteiger partial charge in [-0.15, -0.1) is 0 Å². The van der Waals surface area contributed by atoms with Crippen LogP contribution in [0, 0.1) is 18.8 Å². The lowest BCUT2D eigenvalue weighted by Gasteiger charge is -2.45. The van der Waals surface area contributed by atoms with Crippen molar-refractivity contribution in [3.8, 4) is 0 Å². The van der Waals surface area contributed by atoms with Crippen LogP contribution in [0.5, 0.6) is 0 Å². The van der Waals surface area contributed by atoms with Gasteiger partial charge < -0.3 is 0 Å². The molecule has 2 amide bonds. The van der Waals surface area contributed by atoms with E-state index in [0.29, 0.717) is 11.2 Å². The van der Waals surface area contributed by atoms with Gasteiger partial charge in [-0.25, -0.2) is 4.90 Å². The fourth-order valence-corrected chi connectivity index (χ4v) is 6.39. The molecular weight excluding hydrogens is 396 g/mol. The van der Waals surface area contributed by atoms with Crippen molar-refractivity contribution in [3.05, 3.63) is 107 Å². The zero-order valence-corrected chi connectivity index (χ0v) is 17.5. The Kier molecular flexibility index (Phi) is 3.42. The Morgan fingerprint density at radius 2 is 1.22 bits per heavy atom. The molecule has 0 saturated carbocycles. The average Bonchev–Trinajstić information content (AvgIpc) is 3.09. The number of nitrogens with zero attached hydrogens (tertiary/aromatic N) is 2. The number of rotatable bonds is 1. The van der Waals surface area contributed by atoms with Crippen LogP contribution in [0.4, 0.5) is 5.69 Å². The third-order valence-corrected chi connectivity index (χ3v) is 7.66. The van der Waals surface area contributed by atoms with Crippen LogP contribution in [0.2, 0.25) is 0 Å². The number of anilines is 1. The zero-order valence-electron chi connectivity index (χ0n) is 17.5. The van der Waals surface area contributed by atoms with E-state index in [1.165, 1.54) is 27.2 Å². The Hall–Kier alpha value is -3.79. The molecule has 0 unspecified atom stereocenters. The van der Waals surface area contributed by atoms with Crippen molar-refractivity contribution in [2.24, 2.45) is 11.8 Å². The molecule has 4 aromatic rings. The number of amides is 2. The first-order chi connectivity index (χ1) is 15.7. The summed E-state index contributed by atoms with van der Waals surface area (Å²) in [4.78, 5) is 33.9. The van der Waals surface area contributed by atoms with Gasteiger partial charge >= 0.3 is 0 Å². The SMILES string of the molecule is Cc1ccnc2c(N3C(=O)[C@@H]4C5c6ccccc6C(c6ccccc65)[C@@H]4C3=O)cccc12. The second-order valence-corrected chi connectivity index (χ2v) is 9.08. The summed E-state index contributed by atoms with van der Waals surface area (Å²) < 4.78 is 0. The summed E-state index contributed by atoms with van der Waals surface area (Å²) in [5, 5.41) is 0.968. The molecule has 1 aromatic heterocycles. The van der Waals surface area contributed by atoms with Crippen molar-refractivity contribution in [1.29, 1.82) is 0 Å². The molecular formula is C28H20N2O2. The monoisotopic (exact) mass is 416 g/mol. The largest absolute Gasteiger partial charge is 0.274 e. The van der Waals surface area contributed by atoms with Gasteiger partial charge in [0.25, 0.3) is 0 Å². The van der Waals surface area contributed by atoms with E-state index in [4.69, 9.17) is 0 Å². The number of benzene rings is 3. The summed E-state index contributed by atoms with van der Waals surface area (Å²) in [6.45, 7) is 2.02. The normalized spacial score (nSPS) is 25.1. The molecule has 4 aliphatic rings. The summed E-state index contributed by atoms with van der Waals surface area (Å²) in [7, 11) is 0. The average molecular weight is 416 g/mol. The molecule has 0 N–H and O–H groups in total. The van der Waals surface area contributed by atoms with Crippen molar-refractivity contribution in [1.82, 2.24) is 4.98 Å². The van der Waals surface area contributed by atoms with E-state index in [0.717, 1.165) is 10.9 Å².